The third-order valence-electron chi connectivity index (χ3n) is 3.83. The van der Waals surface area contributed by atoms with Gasteiger partial charge in [-0.15, -0.1) is 0 Å². The molecule has 0 spiro atoms. The first-order chi connectivity index (χ1) is 13.0. The molecule has 0 fully saturated rings. The average molecular weight is 378 g/mol. The predicted molar refractivity (Wildman–Crippen MR) is 106 cm³/mol. The Morgan fingerprint density at radius 2 is 1.41 bits per heavy atom. The van der Waals surface area contributed by atoms with E-state index in [9.17, 15) is 25.0 Å². The summed E-state index contributed by atoms with van der Waals surface area (Å²) < 4.78 is 0. The molecule has 0 amide bonds. The van der Waals surface area contributed by atoms with Gasteiger partial charge in [-0.1, -0.05) is 44.1 Å². The summed E-state index contributed by atoms with van der Waals surface area (Å²) in [4.78, 5) is 31.5. The number of rotatable bonds is 16. The molecular formula is C20H30N2O5. The maximum atomic E-state index is 11.0. The SMILES string of the molecule is CCCCC/C=C(\C/C=C\C/C=C(\C/C=C\CCCC=O)[N+](=O)[O-])[N+](=O)[O-]. The molecule has 27 heavy (non-hydrogen) atoms. The highest BCUT2D eigenvalue weighted by Gasteiger charge is 2.08. The standard InChI is InChI=1S/C20H30N2O5/c1-2-3-4-9-14-19(21(24)25)16-11-8-12-17-20(22(26)27)15-10-6-5-7-13-18-23/h6,8,10-11,14,17-18H,2-5,7,9,12-13,15-16H2,1H3/b10-6-,11-8-,19-14+,20-17+. The second-order valence-corrected chi connectivity index (χ2v) is 6.09. The zero-order valence-corrected chi connectivity index (χ0v) is 16.0. The Hall–Kier alpha value is -2.57. The lowest BCUT2D eigenvalue weighted by molar-refractivity contribution is -0.427. The number of carbonyl (C=O) groups excluding carboxylic acids is 1. The smallest absolute Gasteiger partial charge is 0.246 e. The van der Waals surface area contributed by atoms with Crippen molar-refractivity contribution in [2.45, 2.75) is 71.1 Å². The molecule has 0 aliphatic carbocycles. The van der Waals surface area contributed by atoms with Crippen LogP contribution in [-0.4, -0.2) is 16.1 Å². The van der Waals surface area contributed by atoms with E-state index in [2.05, 4.69) is 6.92 Å². The normalized spacial score (nSPS) is 12.8. The molecule has 0 N–H and O–H groups in total. The molecule has 7 heteroatoms. The van der Waals surface area contributed by atoms with Crippen molar-refractivity contribution in [1.29, 1.82) is 0 Å². The van der Waals surface area contributed by atoms with Gasteiger partial charge in [0.05, 0.1) is 22.7 Å². The Morgan fingerprint density at radius 1 is 0.778 bits per heavy atom. The van der Waals surface area contributed by atoms with Gasteiger partial charge in [0.15, 0.2) is 0 Å². The first kappa shape index (κ1) is 24.4. The molecule has 0 unspecified atom stereocenters. The molecule has 7 nitrogen and oxygen atoms in total. The Bertz CT molecular complexity index is 577. The Labute approximate surface area is 160 Å². The number of aldehydes is 1. The third-order valence-corrected chi connectivity index (χ3v) is 3.83. The fourth-order valence-electron chi connectivity index (χ4n) is 2.27. The Morgan fingerprint density at radius 3 is 2.00 bits per heavy atom. The molecule has 0 aromatic heterocycles. The lowest BCUT2D eigenvalue weighted by Gasteiger charge is -1.96. The summed E-state index contributed by atoms with van der Waals surface area (Å²) in [5.74, 6) is 0. The molecule has 0 saturated heterocycles. The summed E-state index contributed by atoms with van der Waals surface area (Å²) in [6.45, 7) is 2.08. The number of hydrogen-bond acceptors (Lipinski definition) is 5. The van der Waals surface area contributed by atoms with Crippen molar-refractivity contribution in [3.8, 4) is 0 Å². The van der Waals surface area contributed by atoms with Crippen molar-refractivity contribution in [1.82, 2.24) is 0 Å². The van der Waals surface area contributed by atoms with Crippen LogP contribution in [0, 0.1) is 20.2 Å². The van der Waals surface area contributed by atoms with E-state index in [1.807, 2.05) is 6.08 Å². The van der Waals surface area contributed by atoms with Gasteiger partial charge in [-0.3, -0.25) is 20.2 Å². The highest BCUT2D eigenvalue weighted by Crippen LogP contribution is 2.10. The maximum Gasteiger partial charge on any atom is 0.246 e. The molecule has 0 aromatic rings. The first-order valence-electron chi connectivity index (χ1n) is 9.43. The van der Waals surface area contributed by atoms with Gasteiger partial charge < -0.3 is 4.79 Å². The summed E-state index contributed by atoms with van der Waals surface area (Å²) in [7, 11) is 0. The van der Waals surface area contributed by atoms with Gasteiger partial charge in [0.25, 0.3) is 0 Å². The molecule has 0 rings (SSSR count). The molecule has 0 aliphatic heterocycles. The Kier molecular flexibility index (Phi) is 15.3. The summed E-state index contributed by atoms with van der Waals surface area (Å²) in [6.07, 6.45) is 17.5. The third kappa shape index (κ3) is 14.3. The number of allylic oxidation sites excluding steroid dienone is 6. The van der Waals surface area contributed by atoms with Gasteiger partial charge in [0, 0.05) is 6.42 Å². The van der Waals surface area contributed by atoms with E-state index >= 15 is 0 Å². The van der Waals surface area contributed by atoms with Crippen molar-refractivity contribution >= 4 is 6.29 Å². The minimum absolute atomic E-state index is 0.0934. The average Bonchev–Trinajstić information content (AvgIpc) is 2.63. The van der Waals surface area contributed by atoms with E-state index in [1.165, 1.54) is 6.08 Å². The molecule has 0 saturated carbocycles. The van der Waals surface area contributed by atoms with Crippen LogP contribution in [-0.2, 0) is 4.79 Å². The predicted octanol–water partition coefficient (Wildman–Crippen LogP) is 5.54. The molecular weight excluding hydrogens is 348 g/mol. The summed E-state index contributed by atoms with van der Waals surface area (Å²) in [5.41, 5.74) is 0.259. The number of nitrogens with zero attached hydrogens (tertiary/aromatic N) is 2. The van der Waals surface area contributed by atoms with Crippen LogP contribution in [0.3, 0.4) is 0 Å². The fraction of sp³-hybridized carbons (Fsp3) is 0.550. The molecule has 0 radical (unpaired) electrons. The fourth-order valence-corrected chi connectivity index (χ4v) is 2.27. The van der Waals surface area contributed by atoms with Crippen molar-refractivity contribution in [3.63, 3.8) is 0 Å². The van der Waals surface area contributed by atoms with Crippen LogP contribution in [0.5, 0.6) is 0 Å². The van der Waals surface area contributed by atoms with Gasteiger partial charge in [-0.2, -0.15) is 0 Å². The van der Waals surface area contributed by atoms with Gasteiger partial charge in [-0.05, 0) is 44.3 Å². The summed E-state index contributed by atoms with van der Waals surface area (Å²) in [5, 5.41) is 22.0. The zero-order valence-electron chi connectivity index (χ0n) is 16.0. The summed E-state index contributed by atoms with van der Waals surface area (Å²) in [6, 6.07) is 0. The minimum atomic E-state index is -0.417. The highest BCUT2D eigenvalue weighted by atomic mass is 16.6. The van der Waals surface area contributed by atoms with Crippen LogP contribution in [0.1, 0.15) is 71.1 Å². The molecule has 150 valence electrons. The molecule has 0 aliphatic rings. The number of hydrogen-bond donors (Lipinski definition) is 0. The largest absolute Gasteiger partial charge is 0.303 e. The number of unbranched alkanes of at least 4 members (excludes halogenated alkanes) is 5. The lowest BCUT2D eigenvalue weighted by Crippen LogP contribution is -1.98. The van der Waals surface area contributed by atoms with Crippen LogP contribution < -0.4 is 0 Å². The van der Waals surface area contributed by atoms with Crippen molar-refractivity contribution in [2.75, 3.05) is 0 Å². The van der Waals surface area contributed by atoms with Gasteiger partial charge >= 0.3 is 0 Å². The molecule has 0 aromatic carbocycles. The minimum Gasteiger partial charge on any atom is -0.303 e. The van der Waals surface area contributed by atoms with Crippen LogP contribution in [0.25, 0.3) is 0 Å². The van der Waals surface area contributed by atoms with E-state index < -0.39 is 4.92 Å². The monoisotopic (exact) mass is 378 g/mol. The molecule has 0 heterocycles. The van der Waals surface area contributed by atoms with Gasteiger partial charge in [-0.25, -0.2) is 0 Å². The van der Waals surface area contributed by atoms with E-state index in [4.69, 9.17) is 0 Å². The van der Waals surface area contributed by atoms with E-state index in [0.717, 1.165) is 38.4 Å². The maximum absolute atomic E-state index is 11.0. The van der Waals surface area contributed by atoms with E-state index in [-0.39, 0.29) is 29.2 Å². The van der Waals surface area contributed by atoms with Crippen LogP contribution >= 0.6 is 0 Å². The van der Waals surface area contributed by atoms with Crippen LogP contribution in [0.15, 0.2) is 47.9 Å². The van der Waals surface area contributed by atoms with Crippen molar-refractivity contribution < 1.29 is 14.6 Å². The lowest BCUT2D eigenvalue weighted by atomic mass is 10.1. The highest BCUT2D eigenvalue weighted by molar-refractivity contribution is 5.49. The van der Waals surface area contributed by atoms with Crippen molar-refractivity contribution in [3.05, 3.63) is 68.1 Å². The van der Waals surface area contributed by atoms with E-state index in [1.54, 1.807) is 24.3 Å². The van der Waals surface area contributed by atoms with Gasteiger partial charge in [0.1, 0.15) is 6.29 Å². The number of carbonyl (C=O) groups is 1. The zero-order chi connectivity index (χ0) is 20.3. The Balaban J connectivity index is 4.45. The second-order valence-electron chi connectivity index (χ2n) is 6.09. The van der Waals surface area contributed by atoms with E-state index in [0.29, 0.717) is 19.3 Å². The summed E-state index contributed by atoms with van der Waals surface area (Å²) >= 11 is 0. The first-order valence-corrected chi connectivity index (χ1v) is 9.43. The number of nitro groups is 2. The topological polar surface area (TPSA) is 103 Å². The molecule has 0 atom stereocenters. The van der Waals surface area contributed by atoms with Crippen LogP contribution in [0.4, 0.5) is 0 Å². The van der Waals surface area contributed by atoms with Gasteiger partial charge in [0.2, 0.25) is 11.4 Å². The van der Waals surface area contributed by atoms with Crippen molar-refractivity contribution in [2.24, 2.45) is 0 Å². The quantitative estimate of drug-likeness (QED) is 0.115. The molecule has 0 bridgehead atoms. The second kappa shape index (κ2) is 16.9. The van der Waals surface area contributed by atoms with Crippen LogP contribution in [0.2, 0.25) is 0 Å².